The molecule has 0 fully saturated rings. The Labute approximate surface area is 316 Å². The number of hydrogen-bond acceptors (Lipinski definition) is 18. The van der Waals surface area contributed by atoms with E-state index in [2.05, 4.69) is 15.9 Å². The van der Waals surface area contributed by atoms with Crippen LogP contribution >= 0.6 is 27.5 Å². The van der Waals surface area contributed by atoms with E-state index in [9.17, 15) is 56.3 Å². The molecular formula is C30H25BrClNO19S2. The number of aldehydes is 4. The Morgan fingerprint density at radius 3 is 1.48 bits per heavy atom. The van der Waals surface area contributed by atoms with Crippen molar-refractivity contribution in [1.29, 1.82) is 0 Å². The Balaban J connectivity index is 0.000000361. The summed E-state index contributed by atoms with van der Waals surface area (Å²) >= 11 is 8.34. The number of sulfone groups is 1. The predicted octanol–water partition coefficient (Wildman–Crippen LogP) is 3.92. The average molecular weight is 883 g/mol. The van der Waals surface area contributed by atoms with Crippen LogP contribution in [-0.2, 0) is 20.0 Å². The Bertz CT molecular complexity index is 2270. The predicted molar refractivity (Wildman–Crippen MR) is 188 cm³/mol. The molecule has 24 heteroatoms. The maximum absolute atomic E-state index is 11.1. The van der Waals surface area contributed by atoms with Gasteiger partial charge in [-0.1, -0.05) is 11.6 Å². The molecular weight excluding hydrogens is 858 g/mol. The Hall–Kier alpha value is -6.01. The first-order valence-electron chi connectivity index (χ1n) is 13.5. The quantitative estimate of drug-likeness (QED) is 0.0417. The van der Waals surface area contributed by atoms with Crippen LogP contribution in [0.15, 0.2) is 50.7 Å². The third-order valence-corrected chi connectivity index (χ3v) is 9.41. The van der Waals surface area contributed by atoms with E-state index in [0.717, 1.165) is 36.6 Å². The summed E-state index contributed by atoms with van der Waals surface area (Å²) < 4.78 is 52.0. The Kier molecular flexibility index (Phi) is 15.9. The minimum atomic E-state index is -4.66. The first-order valence-corrected chi connectivity index (χ1v) is 18.0. The molecule has 0 aliphatic heterocycles. The van der Waals surface area contributed by atoms with Gasteiger partial charge < -0.3 is 40.9 Å². The van der Waals surface area contributed by atoms with E-state index in [0.29, 0.717) is 24.4 Å². The zero-order chi connectivity index (χ0) is 42.0. The van der Waals surface area contributed by atoms with E-state index in [1.54, 1.807) is 6.92 Å². The maximum atomic E-state index is 11.1. The van der Waals surface area contributed by atoms with Gasteiger partial charge in [-0.3, -0.25) is 33.8 Å². The topological polar surface area (TPSA) is 362 Å². The smallest absolute Gasteiger partial charge is 0.315 e. The number of rotatable bonds is 7. The SMILES string of the molecule is CS(=O)(=O)c1cc(C=O)cc(O)c1O.Cc1cc(C=O)c(Cl)c(O)c1O.O=Cc1cc(O)c(O)c(S(=O)(=O)O)c1.O=Cc1cc([N+](=O)[O-])c(O)c(O)c1Br. The minimum Gasteiger partial charge on any atom is -0.504 e. The van der Waals surface area contributed by atoms with Crippen molar-refractivity contribution < 1.29 is 86.3 Å². The molecule has 0 aromatic heterocycles. The van der Waals surface area contributed by atoms with Crippen LogP contribution in [-0.4, -0.2) is 98.6 Å². The summed E-state index contributed by atoms with van der Waals surface area (Å²) in [5, 5.41) is 83.2. The van der Waals surface area contributed by atoms with E-state index in [1.165, 1.54) is 6.07 Å². The number of carbonyl (C=O) groups is 4. The van der Waals surface area contributed by atoms with E-state index >= 15 is 0 Å². The average Bonchev–Trinajstić information content (AvgIpc) is 3.09. The molecule has 4 aromatic carbocycles. The molecule has 0 radical (unpaired) electrons. The molecule has 0 atom stereocenters. The summed E-state index contributed by atoms with van der Waals surface area (Å²) in [6.07, 6.45) is 2.38. The van der Waals surface area contributed by atoms with Crippen molar-refractivity contribution >= 4 is 78.3 Å². The highest BCUT2D eigenvalue weighted by Gasteiger charge is 2.23. The van der Waals surface area contributed by atoms with Crippen LogP contribution in [0.2, 0.25) is 5.02 Å². The number of halogens is 2. The number of nitrogens with zero attached hydrogens (tertiary/aromatic N) is 1. The van der Waals surface area contributed by atoms with Crippen LogP contribution in [0.3, 0.4) is 0 Å². The fraction of sp³-hybridized carbons (Fsp3) is 0.0667. The highest BCUT2D eigenvalue weighted by molar-refractivity contribution is 9.10. The van der Waals surface area contributed by atoms with Crippen molar-refractivity contribution in [2.45, 2.75) is 16.7 Å². The van der Waals surface area contributed by atoms with E-state index < -0.39 is 80.6 Å². The van der Waals surface area contributed by atoms with Crippen molar-refractivity contribution in [3.8, 4) is 46.0 Å². The number of phenolic OH excluding ortho intramolecular Hbond substituents is 8. The largest absolute Gasteiger partial charge is 0.504 e. The Morgan fingerprint density at radius 1 is 0.648 bits per heavy atom. The number of carbonyl (C=O) groups excluding carboxylic acids is 4. The lowest BCUT2D eigenvalue weighted by atomic mass is 10.1. The maximum Gasteiger partial charge on any atom is 0.315 e. The molecule has 0 unspecified atom stereocenters. The molecule has 290 valence electrons. The molecule has 0 saturated carbocycles. The van der Waals surface area contributed by atoms with Gasteiger partial charge in [0.25, 0.3) is 10.1 Å². The number of benzene rings is 4. The minimum absolute atomic E-state index is 0.0132. The fourth-order valence-corrected chi connectivity index (χ4v) is 5.61. The second kappa shape index (κ2) is 18.7. The van der Waals surface area contributed by atoms with Gasteiger partial charge in [0.15, 0.2) is 62.7 Å². The highest BCUT2D eigenvalue weighted by atomic mass is 79.9. The normalized spacial score (nSPS) is 10.5. The first-order chi connectivity index (χ1) is 24.8. The summed E-state index contributed by atoms with van der Waals surface area (Å²) in [5.41, 5.74) is -0.420. The van der Waals surface area contributed by atoms with Gasteiger partial charge in [0, 0.05) is 34.6 Å². The molecule has 20 nitrogen and oxygen atoms in total. The summed E-state index contributed by atoms with van der Waals surface area (Å²) in [7, 11) is -8.31. The van der Waals surface area contributed by atoms with Gasteiger partial charge in [-0.05, 0) is 58.7 Å². The number of aryl methyl sites for hydroxylation is 1. The van der Waals surface area contributed by atoms with E-state index in [-0.39, 0.29) is 43.8 Å². The van der Waals surface area contributed by atoms with Gasteiger partial charge in [0.05, 0.1) is 14.4 Å². The summed E-state index contributed by atoms with van der Waals surface area (Å²) in [5.74, 6) is -5.47. The summed E-state index contributed by atoms with van der Waals surface area (Å²) in [6.45, 7) is 1.57. The van der Waals surface area contributed by atoms with Crippen LogP contribution in [0.25, 0.3) is 0 Å². The standard InChI is InChI=1S/C8H7ClO3.C8H8O5S.C7H4BrNO5.C7H6O6S/c1-4-2-5(3-10)6(9)8(12)7(4)11;1-14(12,13)7-3-5(4-9)2-6(10)8(7)11;8-5-3(2-10)1-4(9(13)14)6(11)7(5)12;8-3-4-1-5(9)7(10)6(2-4)14(11,12)13/h2-3,11-12H,1H3;2-4,10-11H,1H3;1-2,11-12H;1-3,9-10H,(H,11,12,13). The lowest BCUT2D eigenvalue weighted by Crippen LogP contribution is -1.99. The van der Waals surface area contributed by atoms with Crippen molar-refractivity contribution in [2.24, 2.45) is 0 Å². The summed E-state index contributed by atoms with van der Waals surface area (Å²) in [6, 6.07) is 5.87. The molecule has 9 N–H and O–H groups in total. The molecule has 0 spiro atoms. The van der Waals surface area contributed by atoms with Crippen LogP contribution in [0.5, 0.6) is 46.0 Å². The van der Waals surface area contributed by atoms with Gasteiger partial charge >= 0.3 is 5.69 Å². The third kappa shape index (κ3) is 11.5. The summed E-state index contributed by atoms with van der Waals surface area (Å²) in [4.78, 5) is 49.5. The van der Waals surface area contributed by atoms with Crippen LogP contribution in [0.1, 0.15) is 47.0 Å². The third-order valence-electron chi connectivity index (χ3n) is 6.21. The van der Waals surface area contributed by atoms with Crippen molar-refractivity contribution in [3.05, 3.63) is 83.8 Å². The number of nitro groups is 1. The molecule has 4 rings (SSSR count). The van der Waals surface area contributed by atoms with Crippen LogP contribution in [0, 0.1) is 17.0 Å². The van der Waals surface area contributed by atoms with Gasteiger partial charge in [-0.15, -0.1) is 0 Å². The van der Waals surface area contributed by atoms with E-state index in [1.807, 2.05) is 0 Å². The van der Waals surface area contributed by atoms with Crippen molar-refractivity contribution in [2.75, 3.05) is 6.26 Å². The zero-order valence-corrected chi connectivity index (χ0v) is 30.9. The lowest BCUT2D eigenvalue weighted by molar-refractivity contribution is -0.386. The molecule has 0 amide bonds. The molecule has 0 saturated heterocycles. The molecule has 54 heavy (non-hydrogen) atoms. The lowest BCUT2D eigenvalue weighted by Gasteiger charge is -2.05. The number of aromatic hydroxyl groups is 8. The van der Waals surface area contributed by atoms with Crippen molar-refractivity contribution in [1.82, 2.24) is 0 Å². The molecule has 4 aromatic rings. The van der Waals surface area contributed by atoms with Gasteiger partial charge in [0.1, 0.15) is 22.4 Å². The Morgan fingerprint density at radius 2 is 1.09 bits per heavy atom. The second-order valence-corrected chi connectivity index (χ2v) is 14.6. The molecule has 0 heterocycles. The second-order valence-electron chi connectivity index (χ2n) is 10.0. The molecule has 0 aliphatic carbocycles. The van der Waals surface area contributed by atoms with Gasteiger partial charge in [0.2, 0.25) is 5.75 Å². The fourth-order valence-electron chi connectivity index (χ4n) is 3.59. The zero-order valence-electron chi connectivity index (χ0n) is 26.9. The number of nitro benzene ring substituents is 1. The van der Waals surface area contributed by atoms with E-state index in [4.69, 9.17) is 46.8 Å². The highest BCUT2D eigenvalue weighted by Crippen LogP contribution is 2.42. The van der Waals surface area contributed by atoms with Crippen molar-refractivity contribution in [3.63, 3.8) is 0 Å². The van der Waals surface area contributed by atoms with Gasteiger partial charge in [-0.25, -0.2) is 8.42 Å². The molecule has 0 aliphatic rings. The first kappa shape index (κ1) is 46.0. The van der Waals surface area contributed by atoms with Gasteiger partial charge in [-0.2, -0.15) is 8.42 Å². The monoisotopic (exact) mass is 881 g/mol. The van der Waals surface area contributed by atoms with Crippen LogP contribution < -0.4 is 0 Å². The number of phenols is 8. The number of hydrogen-bond donors (Lipinski definition) is 9. The molecule has 0 bridgehead atoms. The van der Waals surface area contributed by atoms with Crippen LogP contribution in [0.4, 0.5) is 5.69 Å².